The number of nitriles is 1. The van der Waals surface area contributed by atoms with Gasteiger partial charge >= 0.3 is 0 Å². The van der Waals surface area contributed by atoms with E-state index in [0.717, 1.165) is 32.7 Å². The fourth-order valence-corrected chi connectivity index (χ4v) is 2.78. The van der Waals surface area contributed by atoms with Crippen LogP contribution in [0.4, 0.5) is 0 Å². The highest BCUT2D eigenvalue weighted by Gasteiger charge is 2.30. The highest BCUT2D eigenvalue weighted by atomic mass is 16.2. The van der Waals surface area contributed by atoms with Crippen LogP contribution in [0.2, 0.25) is 0 Å². The van der Waals surface area contributed by atoms with E-state index in [-0.39, 0.29) is 11.8 Å². The molecule has 5 nitrogen and oxygen atoms in total. The Kier molecular flexibility index (Phi) is 6.36. The summed E-state index contributed by atoms with van der Waals surface area (Å²) in [5.41, 5.74) is 0.525. The first-order chi connectivity index (χ1) is 11.4. The highest BCUT2D eigenvalue weighted by molar-refractivity contribution is 5.79. The predicted octanol–water partition coefficient (Wildman–Crippen LogP) is 1.86. The Morgan fingerprint density at radius 3 is 2.33 bits per heavy atom. The van der Waals surface area contributed by atoms with Gasteiger partial charge in [0.25, 0.3) is 0 Å². The molecule has 0 radical (unpaired) electrons. The molecule has 2 rings (SSSR count). The minimum Gasteiger partial charge on any atom is -0.337 e. The van der Waals surface area contributed by atoms with Gasteiger partial charge in [0, 0.05) is 32.7 Å². The second-order valence-corrected chi connectivity index (χ2v) is 7.05. The summed E-state index contributed by atoms with van der Waals surface area (Å²) in [4.78, 5) is 16.8. The standard InChI is InChI=1S/C19H28N4O/c1-16(2)19(3,15-20)21-18(24)14-23-11-9-22(10-12-23)13-17-7-5-4-6-8-17/h4-8,16H,9-14H2,1-3H3,(H,21,24). The molecule has 0 aromatic heterocycles. The molecule has 0 aliphatic carbocycles. The van der Waals surface area contributed by atoms with Crippen molar-refractivity contribution >= 4 is 5.91 Å². The fourth-order valence-electron chi connectivity index (χ4n) is 2.78. The number of hydrogen-bond acceptors (Lipinski definition) is 4. The highest BCUT2D eigenvalue weighted by Crippen LogP contribution is 2.15. The Morgan fingerprint density at radius 1 is 1.21 bits per heavy atom. The smallest absolute Gasteiger partial charge is 0.235 e. The molecule has 1 aromatic rings. The van der Waals surface area contributed by atoms with Gasteiger partial charge in [0.05, 0.1) is 12.6 Å². The van der Waals surface area contributed by atoms with Crippen molar-refractivity contribution in [3.05, 3.63) is 35.9 Å². The Bertz CT molecular complexity index is 573. The summed E-state index contributed by atoms with van der Waals surface area (Å²) in [7, 11) is 0. The van der Waals surface area contributed by atoms with Crippen molar-refractivity contribution in [1.29, 1.82) is 5.26 Å². The fraction of sp³-hybridized carbons (Fsp3) is 0.579. The Labute approximate surface area is 145 Å². The van der Waals surface area contributed by atoms with E-state index in [1.54, 1.807) is 6.92 Å². The van der Waals surface area contributed by atoms with Gasteiger partial charge in [-0.3, -0.25) is 14.6 Å². The van der Waals surface area contributed by atoms with Crippen LogP contribution in [0.3, 0.4) is 0 Å². The first-order valence-electron chi connectivity index (χ1n) is 8.64. The van der Waals surface area contributed by atoms with Crippen molar-refractivity contribution in [3.8, 4) is 6.07 Å². The molecule has 1 saturated heterocycles. The minimum atomic E-state index is -0.799. The van der Waals surface area contributed by atoms with Gasteiger partial charge in [-0.15, -0.1) is 0 Å². The first-order valence-corrected chi connectivity index (χ1v) is 8.64. The van der Waals surface area contributed by atoms with Crippen molar-refractivity contribution in [1.82, 2.24) is 15.1 Å². The number of nitrogens with zero attached hydrogens (tertiary/aromatic N) is 3. The van der Waals surface area contributed by atoms with Crippen LogP contribution < -0.4 is 5.32 Å². The van der Waals surface area contributed by atoms with E-state index in [0.29, 0.717) is 6.54 Å². The molecule has 1 aromatic carbocycles. The van der Waals surface area contributed by atoms with E-state index in [2.05, 4.69) is 45.5 Å². The SMILES string of the molecule is CC(C)C(C)(C#N)NC(=O)CN1CCN(Cc2ccccc2)CC1. The lowest BCUT2D eigenvalue weighted by molar-refractivity contribution is -0.124. The van der Waals surface area contributed by atoms with Gasteiger partial charge in [-0.25, -0.2) is 0 Å². The minimum absolute atomic E-state index is 0.0655. The van der Waals surface area contributed by atoms with Gasteiger partial charge in [-0.05, 0) is 18.4 Å². The Hall–Kier alpha value is -1.90. The number of carbonyl (C=O) groups excluding carboxylic acids is 1. The number of nitrogens with one attached hydrogen (secondary N) is 1. The summed E-state index contributed by atoms with van der Waals surface area (Å²) in [6, 6.07) is 12.7. The van der Waals surface area contributed by atoms with E-state index >= 15 is 0 Å². The molecular formula is C19H28N4O. The maximum Gasteiger partial charge on any atom is 0.235 e. The number of piperazine rings is 1. The van der Waals surface area contributed by atoms with Crippen LogP contribution in [-0.2, 0) is 11.3 Å². The predicted molar refractivity (Wildman–Crippen MR) is 95.2 cm³/mol. The van der Waals surface area contributed by atoms with Crippen LogP contribution in [0.1, 0.15) is 26.3 Å². The average Bonchev–Trinajstić information content (AvgIpc) is 2.57. The lowest BCUT2D eigenvalue weighted by atomic mass is 9.90. The van der Waals surface area contributed by atoms with Crippen LogP contribution in [0.5, 0.6) is 0 Å². The molecule has 1 aliphatic rings. The summed E-state index contributed by atoms with van der Waals surface area (Å²) >= 11 is 0. The maximum atomic E-state index is 12.2. The summed E-state index contributed by atoms with van der Waals surface area (Å²) in [6.07, 6.45) is 0. The maximum absolute atomic E-state index is 12.2. The van der Waals surface area contributed by atoms with Gasteiger partial charge in [0.1, 0.15) is 5.54 Å². The third kappa shape index (κ3) is 5.05. The number of hydrogen-bond donors (Lipinski definition) is 1. The molecule has 1 heterocycles. The summed E-state index contributed by atoms with van der Waals surface area (Å²) in [5.74, 6) is 0.0124. The van der Waals surface area contributed by atoms with Gasteiger partial charge in [0.15, 0.2) is 0 Å². The molecule has 1 fully saturated rings. The van der Waals surface area contributed by atoms with Crippen molar-refractivity contribution in [2.45, 2.75) is 32.9 Å². The Morgan fingerprint density at radius 2 is 1.79 bits per heavy atom. The van der Waals surface area contributed by atoms with Gasteiger partial charge < -0.3 is 5.32 Å². The first kappa shape index (κ1) is 18.4. The summed E-state index contributed by atoms with van der Waals surface area (Å²) in [5, 5.41) is 12.2. The lowest BCUT2D eigenvalue weighted by Crippen LogP contribution is -2.54. The number of amides is 1. The molecule has 130 valence electrons. The van der Waals surface area contributed by atoms with Gasteiger partial charge in [0.2, 0.25) is 5.91 Å². The normalized spacial score (nSPS) is 18.8. The molecule has 0 saturated carbocycles. The number of benzene rings is 1. The zero-order chi connectivity index (χ0) is 17.6. The van der Waals surface area contributed by atoms with E-state index in [1.807, 2.05) is 19.9 Å². The molecule has 1 N–H and O–H groups in total. The molecule has 0 spiro atoms. The third-order valence-electron chi connectivity index (χ3n) is 4.87. The van der Waals surface area contributed by atoms with E-state index in [1.165, 1.54) is 5.56 Å². The molecule has 1 unspecified atom stereocenters. The van der Waals surface area contributed by atoms with Crippen molar-refractivity contribution in [2.75, 3.05) is 32.7 Å². The molecule has 24 heavy (non-hydrogen) atoms. The van der Waals surface area contributed by atoms with Gasteiger partial charge in [-0.1, -0.05) is 44.2 Å². The van der Waals surface area contributed by atoms with Crippen molar-refractivity contribution in [2.24, 2.45) is 5.92 Å². The lowest BCUT2D eigenvalue weighted by Gasteiger charge is -2.35. The molecule has 1 atom stereocenters. The topological polar surface area (TPSA) is 59.4 Å². The monoisotopic (exact) mass is 328 g/mol. The largest absolute Gasteiger partial charge is 0.337 e. The molecule has 0 bridgehead atoms. The molecule has 1 aliphatic heterocycles. The van der Waals surface area contributed by atoms with Gasteiger partial charge in [-0.2, -0.15) is 5.26 Å². The number of rotatable bonds is 6. The van der Waals surface area contributed by atoms with Crippen LogP contribution in [0.15, 0.2) is 30.3 Å². The quantitative estimate of drug-likeness (QED) is 0.866. The van der Waals surface area contributed by atoms with Crippen molar-refractivity contribution < 1.29 is 4.79 Å². The van der Waals surface area contributed by atoms with E-state index in [4.69, 9.17) is 0 Å². The molecular weight excluding hydrogens is 300 g/mol. The zero-order valence-corrected chi connectivity index (χ0v) is 15.0. The Balaban J connectivity index is 1.77. The van der Waals surface area contributed by atoms with Crippen LogP contribution in [0.25, 0.3) is 0 Å². The summed E-state index contributed by atoms with van der Waals surface area (Å²) < 4.78 is 0. The second kappa shape index (κ2) is 8.27. The number of carbonyl (C=O) groups is 1. The molecule has 1 amide bonds. The van der Waals surface area contributed by atoms with E-state index in [9.17, 15) is 10.1 Å². The summed E-state index contributed by atoms with van der Waals surface area (Å²) in [6.45, 7) is 10.7. The van der Waals surface area contributed by atoms with E-state index < -0.39 is 5.54 Å². The average molecular weight is 328 g/mol. The molecule has 5 heteroatoms. The van der Waals surface area contributed by atoms with Crippen molar-refractivity contribution in [3.63, 3.8) is 0 Å². The third-order valence-corrected chi connectivity index (χ3v) is 4.87. The van der Waals surface area contributed by atoms with Crippen LogP contribution in [0, 0.1) is 17.2 Å². The van der Waals surface area contributed by atoms with Crippen LogP contribution >= 0.6 is 0 Å². The van der Waals surface area contributed by atoms with Crippen LogP contribution in [-0.4, -0.2) is 54.0 Å². The second-order valence-electron chi connectivity index (χ2n) is 7.05. The zero-order valence-electron chi connectivity index (χ0n) is 15.0.